The summed E-state index contributed by atoms with van der Waals surface area (Å²) in [4.78, 5) is 0. The molecule has 0 radical (unpaired) electrons. The van der Waals surface area contributed by atoms with Crippen LogP contribution in [0.2, 0.25) is 0 Å². The molecule has 80 valence electrons. The summed E-state index contributed by atoms with van der Waals surface area (Å²) in [7, 11) is 0. The van der Waals surface area contributed by atoms with Gasteiger partial charge in [0.05, 0.1) is 0 Å². The first kappa shape index (κ1) is 15.2. The average molecular weight is 184 g/mol. The third kappa shape index (κ3) is 5.90. The Morgan fingerprint density at radius 3 is 1.54 bits per heavy atom. The maximum atomic E-state index is 4.06. The van der Waals surface area contributed by atoms with E-state index in [1.165, 1.54) is 31.3 Å². The Morgan fingerprint density at radius 1 is 1.08 bits per heavy atom. The summed E-state index contributed by atoms with van der Waals surface area (Å²) < 4.78 is 0. The molecule has 0 heterocycles. The largest absolute Gasteiger partial charge is 0.0996 e. The number of allylic oxidation sites excluding steroid dienone is 1. The van der Waals surface area contributed by atoms with E-state index < -0.39 is 0 Å². The van der Waals surface area contributed by atoms with Crippen molar-refractivity contribution in [2.75, 3.05) is 0 Å². The third-order valence-electron chi connectivity index (χ3n) is 2.63. The van der Waals surface area contributed by atoms with Crippen LogP contribution in [0.25, 0.3) is 0 Å². The van der Waals surface area contributed by atoms with Crippen LogP contribution < -0.4 is 0 Å². The summed E-state index contributed by atoms with van der Waals surface area (Å²) in [6, 6.07) is 0. The standard InChI is InChI=1S/C11H22.C2H6/c1-6-8-11(5,9-7-2)10(3)4;1-2/h3,6-9H2,1-2,4-5H3;1-2H3. The molecule has 0 aromatic heterocycles. The van der Waals surface area contributed by atoms with Crippen LogP contribution >= 0.6 is 0 Å². The van der Waals surface area contributed by atoms with Gasteiger partial charge in [-0.15, -0.1) is 0 Å². The molecule has 0 rings (SSSR count). The Labute approximate surface area is 85.4 Å². The van der Waals surface area contributed by atoms with Crippen LogP contribution in [-0.4, -0.2) is 0 Å². The number of hydrogen-bond acceptors (Lipinski definition) is 0. The lowest BCUT2D eigenvalue weighted by Gasteiger charge is -2.29. The zero-order valence-corrected chi connectivity index (χ0v) is 10.5. The molecule has 0 bridgehead atoms. The van der Waals surface area contributed by atoms with E-state index in [0.717, 1.165) is 0 Å². The molecule has 0 fully saturated rings. The molecule has 0 N–H and O–H groups in total. The van der Waals surface area contributed by atoms with Crippen molar-refractivity contribution in [1.29, 1.82) is 0 Å². The van der Waals surface area contributed by atoms with Crippen LogP contribution in [0.3, 0.4) is 0 Å². The molecular weight excluding hydrogens is 156 g/mol. The van der Waals surface area contributed by atoms with Crippen molar-refractivity contribution in [3.63, 3.8) is 0 Å². The van der Waals surface area contributed by atoms with Gasteiger partial charge >= 0.3 is 0 Å². The topological polar surface area (TPSA) is 0 Å². The summed E-state index contributed by atoms with van der Waals surface area (Å²) in [6.07, 6.45) is 5.11. The van der Waals surface area contributed by atoms with Gasteiger partial charge in [0.25, 0.3) is 0 Å². The highest BCUT2D eigenvalue weighted by atomic mass is 14.3. The highest BCUT2D eigenvalue weighted by Gasteiger charge is 2.22. The molecule has 0 aliphatic carbocycles. The quantitative estimate of drug-likeness (QED) is 0.515. The maximum absolute atomic E-state index is 4.06. The van der Waals surface area contributed by atoms with Crippen LogP contribution in [0.5, 0.6) is 0 Å². The van der Waals surface area contributed by atoms with E-state index >= 15 is 0 Å². The molecule has 13 heavy (non-hydrogen) atoms. The van der Waals surface area contributed by atoms with Gasteiger partial charge in [-0.25, -0.2) is 0 Å². The minimum atomic E-state index is 0.406. The van der Waals surface area contributed by atoms with E-state index in [4.69, 9.17) is 0 Å². The minimum Gasteiger partial charge on any atom is -0.0996 e. The predicted octanol–water partition coefficient (Wildman–Crippen LogP) is 5.20. The fraction of sp³-hybridized carbons (Fsp3) is 0.846. The Kier molecular flexibility index (Phi) is 9.77. The molecule has 0 amide bonds. The first-order valence-electron chi connectivity index (χ1n) is 5.72. The normalized spacial score (nSPS) is 10.3. The van der Waals surface area contributed by atoms with Crippen molar-refractivity contribution < 1.29 is 0 Å². The van der Waals surface area contributed by atoms with Gasteiger partial charge in [0.2, 0.25) is 0 Å². The van der Waals surface area contributed by atoms with Crippen LogP contribution in [0.1, 0.15) is 67.2 Å². The van der Waals surface area contributed by atoms with E-state index in [1.807, 2.05) is 13.8 Å². The number of hydrogen-bond donors (Lipinski definition) is 0. The Hall–Kier alpha value is -0.260. The van der Waals surface area contributed by atoms with E-state index in [0.29, 0.717) is 5.41 Å². The second kappa shape index (κ2) is 8.34. The van der Waals surface area contributed by atoms with Crippen LogP contribution in [0.4, 0.5) is 0 Å². The summed E-state index contributed by atoms with van der Waals surface area (Å²) >= 11 is 0. The highest BCUT2D eigenvalue weighted by molar-refractivity contribution is 5.04. The average Bonchev–Trinajstić information content (AvgIpc) is 2.08. The van der Waals surface area contributed by atoms with Gasteiger partial charge in [0.15, 0.2) is 0 Å². The first-order valence-corrected chi connectivity index (χ1v) is 5.72. The molecule has 0 aromatic rings. The minimum absolute atomic E-state index is 0.406. The fourth-order valence-corrected chi connectivity index (χ4v) is 1.66. The van der Waals surface area contributed by atoms with Crippen LogP contribution in [-0.2, 0) is 0 Å². The molecule has 0 aliphatic heterocycles. The molecular formula is C13H28. The lowest BCUT2D eigenvalue weighted by atomic mass is 9.76. The van der Waals surface area contributed by atoms with E-state index in [2.05, 4.69) is 34.3 Å². The maximum Gasteiger partial charge on any atom is -0.0122 e. The zero-order valence-electron chi connectivity index (χ0n) is 10.5. The van der Waals surface area contributed by atoms with Gasteiger partial charge in [-0.3, -0.25) is 0 Å². The smallest absolute Gasteiger partial charge is 0.0122 e. The fourth-order valence-electron chi connectivity index (χ4n) is 1.66. The Morgan fingerprint density at radius 2 is 1.38 bits per heavy atom. The lowest BCUT2D eigenvalue weighted by molar-refractivity contribution is 0.329. The molecule has 0 heteroatoms. The van der Waals surface area contributed by atoms with Crippen molar-refractivity contribution in [1.82, 2.24) is 0 Å². The monoisotopic (exact) mass is 184 g/mol. The van der Waals surface area contributed by atoms with E-state index in [9.17, 15) is 0 Å². The highest BCUT2D eigenvalue weighted by Crippen LogP contribution is 2.35. The summed E-state index contributed by atoms with van der Waals surface area (Å²) in [5.41, 5.74) is 1.75. The Balaban J connectivity index is 0. The van der Waals surface area contributed by atoms with E-state index in [1.54, 1.807) is 0 Å². The molecule has 0 spiro atoms. The molecule has 0 aliphatic rings. The third-order valence-corrected chi connectivity index (χ3v) is 2.63. The van der Waals surface area contributed by atoms with Crippen molar-refractivity contribution >= 4 is 0 Å². The first-order chi connectivity index (χ1) is 6.06. The van der Waals surface area contributed by atoms with Gasteiger partial charge in [-0.1, -0.05) is 59.6 Å². The molecule has 0 aromatic carbocycles. The van der Waals surface area contributed by atoms with Gasteiger partial charge in [-0.2, -0.15) is 0 Å². The zero-order chi connectivity index (χ0) is 10.9. The van der Waals surface area contributed by atoms with Crippen molar-refractivity contribution in [3.8, 4) is 0 Å². The SMILES string of the molecule is C=C(C)C(C)(CCC)CCC.CC. The van der Waals surface area contributed by atoms with Crippen LogP contribution in [0.15, 0.2) is 12.2 Å². The van der Waals surface area contributed by atoms with Crippen molar-refractivity contribution in [2.45, 2.75) is 67.2 Å². The summed E-state index contributed by atoms with van der Waals surface area (Å²) in [5.74, 6) is 0. The van der Waals surface area contributed by atoms with Gasteiger partial charge in [0, 0.05) is 0 Å². The predicted molar refractivity (Wildman–Crippen MR) is 64.1 cm³/mol. The molecule has 0 unspecified atom stereocenters. The molecule has 0 saturated carbocycles. The number of rotatable bonds is 5. The van der Waals surface area contributed by atoms with Gasteiger partial charge in [-0.05, 0) is 25.2 Å². The lowest BCUT2D eigenvalue weighted by Crippen LogP contribution is -2.16. The Bertz CT molecular complexity index is 116. The second-order valence-corrected chi connectivity index (χ2v) is 3.84. The van der Waals surface area contributed by atoms with Crippen LogP contribution in [0, 0.1) is 5.41 Å². The second-order valence-electron chi connectivity index (χ2n) is 3.84. The van der Waals surface area contributed by atoms with E-state index in [-0.39, 0.29) is 0 Å². The van der Waals surface area contributed by atoms with Gasteiger partial charge in [0.1, 0.15) is 0 Å². The molecule has 0 saturated heterocycles. The van der Waals surface area contributed by atoms with Crippen molar-refractivity contribution in [2.24, 2.45) is 5.41 Å². The summed E-state index contributed by atoms with van der Waals surface area (Å²) in [6.45, 7) is 17.1. The van der Waals surface area contributed by atoms with Crippen molar-refractivity contribution in [3.05, 3.63) is 12.2 Å². The molecule has 0 atom stereocenters. The summed E-state index contributed by atoms with van der Waals surface area (Å²) in [5, 5.41) is 0. The molecule has 0 nitrogen and oxygen atoms in total. The van der Waals surface area contributed by atoms with Gasteiger partial charge < -0.3 is 0 Å².